The van der Waals surface area contributed by atoms with Crippen molar-refractivity contribution in [2.24, 2.45) is 0 Å². The van der Waals surface area contributed by atoms with Gasteiger partial charge in [-0.3, -0.25) is 4.79 Å². The van der Waals surface area contributed by atoms with Crippen LogP contribution in [0.3, 0.4) is 0 Å². The molecule has 2 N–H and O–H groups in total. The number of benzene rings is 3. The molecule has 0 aliphatic carbocycles. The van der Waals surface area contributed by atoms with Gasteiger partial charge in [0.25, 0.3) is 5.91 Å². The van der Waals surface area contributed by atoms with Crippen LogP contribution in [0.15, 0.2) is 77.6 Å². The van der Waals surface area contributed by atoms with Gasteiger partial charge >= 0.3 is 18.0 Å². The van der Waals surface area contributed by atoms with Crippen LogP contribution >= 0.6 is 0 Å². The van der Waals surface area contributed by atoms with Crippen LogP contribution in [0.1, 0.15) is 41.5 Å². The van der Waals surface area contributed by atoms with Gasteiger partial charge in [-0.1, -0.05) is 54.1 Å². The van der Waals surface area contributed by atoms with Gasteiger partial charge in [-0.2, -0.15) is 35.7 Å². The monoisotopic (exact) mass is 647 g/mol. The molecule has 9 nitrogen and oxygen atoms in total. The number of rotatable bonds is 9. The summed E-state index contributed by atoms with van der Waals surface area (Å²) in [5.74, 6) is -1.18. The molecule has 1 aliphatic heterocycles. The number of phenols is 1. The van der Waals surface area contributed by atoms with Crippen molar-refractivity contribution in [1.29, 1.82) is 0 Å². The Hall–Kier alpha value is -5.08. The molecule has 1 aromatic heterocycles. The number of aromatic hydroxyl groups is 1. The quantitative estimate of drug-likeness (QED) is 0.182. The lowest BCUT2D eigenvalue weighted by Gasteiger charge is -2.41. The van der Waals surface area contributed by atoms with E-state index in [1.165, 1.54) is 36.4 Å². The number of ether oxygens (including phenoxy) is 1. The molecule has 1 unspecified atom stereocenters. The number of nitrogens with one attached hydrogen (secondary N) is 1. The van der Waals surface area contributed by atoms with Gasteiger partial charge in [0.1, 0.15) is 17.2 Å². The van der Waals surface area contributed by atoms with E-state index in [2.05, 4.69) is 15.7 Å². The number of halogens is 6. The number of carbonyl (C=O) groups excluding carboxylic acids is 1. The maximum atomic E-state index is 15.1. The van der Waals surface area contributed by atoms with Gasteiger partial charge in [0.15, 0.2) is 5.54 Å². The number of nitrogens with zero attached hydrogens (tertiary/aromatic N) is 4. The lowest BCUT2D eigenvalue weighted by Crippen LogP contribution is -2.59. The predicted molar refractivity (Wildman–Crippen MR) is 153 cm³/mol. The Morgan fingerprint density at radius 1 is 0.913 bits per heavy atom. The van der Waals surface area contributed by atoms with Crippen molar-refractivity contribution in [3.05, 3.63) is 106 Å². The number of phenolic OH excluding ortho intramolecular Hbond substituents is 1. The lowest BCUT2D eigenvalue weighted by atomic mass is 9.77. The highest BCUT2D eigenvalue weighted by atomic mass is 19.4. The molecule has 15 heteroatoms. The van der Waals surface area contributed by atoms with Crippen molar-refractivity contribution < 1.29 is 41.0 Å². The summed E-state index contributed by atoms with van der Waals surface area (Å²) in [7, 11) is 0. The molecule has 0 fully saturated rings. The summed E-state index contributed by atoms with van der Waals surface area (Å²) in [5, 5.41) is 19.2. The summed E-state index contributed by atoms with van der Waals surface area (Å²) < 4.78 is 89.3. The van der Waals surface area contributed by atoms with Gasteiger partial charge in [0.05, 0.1) is 13.2 Å². The maximum Gasteiger partial charge on any atom is 0.416 e. The second kappa shape index (κ2) is 12.4. The maximum absolute atomic E-state index is 15.1. The predicted octanol–water partition coefficient (Wildman–Crippen LogP) is 5.57. The molecule has 1 aliphatic rings. The Morgan fingerprint density at radius 2 is 1.57 bits per heavy atom. The van der Waals surface area contributed by atoms with Crippen LogP contribution in [0.4, 0.5) is 26.3 Å². The number of alkyl halides is 6. The van der Waals surface area contributed by atoms with E-state index in [4.69, 9.17) is 4.74 Å². The highest BCUT2D eigenvalue weighted by molar-refractivity contribution is 6.23. The summed E-state index contributed by atoms with van der Waals surface area (Å²) in [4.78, 5) is 27.1. The minimum Gasteiger partial charge on any atom is -0.508 e. The summed E-state index contributed by atoms with van der Waals surface area (Å²) >= 11 is 0. The second-order valence-electron chi connectivity index (χ2n) is 10.8. The lowest BCUT2D eigenvalue weighted by molar-refractivity contribution is -0.201. The Kier molecular flexibility index (Phi) is 8.69. The number of amides is 1. The topological polar surface area (TPSA) is 111 Å². The molecular formula is C31H27F6N5O4. The number of hydrogen-bond acceptors (Lipinski definition) is 6. The average Bonchev–Trinajstić information content (AvgIpc) is 3.34. The molecule has 1 atom stereocenters. The Labute approximate surface area is 257 Å². The van der Waals surface area contributed by atoms with Gasteiger partial charge in [-0.15, -0.1) is 0 Å². The molecule has 46 heavy (non-hydrogen) atoms. The number of hydrogen-bond donors (Lipinski definition) is 2. The fraction of sp³-hybridized carbons (Fsp3) is 0.290. The van der Waals surface area contributed by atoms with Crippen LogP contribution in [0.25, 0.3) is 11.3 Å². The van der Waals surface area contributed by atoms with Crippen molar-refractivity contribution in [1.82, 2.24) is 25.1 Å². The van der Waals surface area contributed by atoms with Crippen LogP contribution in [-0.2, 0) is 16.9 Å². The summed E-state index contributed by atoms with van der Waals surface area (Å²) in [6.07, 6.45) is -11.6. The summed E-state index contributed by atoms with van der Waals surface area (Å²) in [5.41, 5.74) is -3.13. The Morgan fingerprint density at radius 3 is 2.17 bits per heavy atom. The minimum atomic E-state index is -5.04. The van der Waals surface area contributed by atoms with E-state index in [1.54, 1.807) is 31.2 Å². The number of tetrazole rings is 1. The summed E-state index contributed by atoms with van der Waals surface area (Å²) in [6.45, 7) is 1.38. The van der Waals surface area contributed by atoms with E-state index >= 15 is 13.2 Å². The van der Waals surface area contributed by atoms with Crippen molar-refractivity contribution in [2.75, 3.05) is 6.61 Å². The van der Waals surface area contributed by atoms with Gasteiger partial charge in [-0.05, 0) is 70.3 Å². The van der Waals surface area contributed by atoms with E-state index in [-0.39, 0.29) is 47.8 Å². The van der Waals surface area contributed by atoms with Crippen LogP contribution < -0.4 is 15.7 Å². The highest BCUT2D eigenvalue weighted by Gasteiger charge is 2.60. The third kappa shape index (κ3) is 6.77. The standard InChI is InChI=1S/C31H27F6N5O4/c1-19-3-7-21(8-4-19)25-17-29(31(35,36)37,22-9-13-24(14-10-22)46-16-2-15-30(32,33)34)38-27(44)26(25)42-28(45)41(39-40-42)18-20-5-11-23(43)12-6-20/h3-14,43H,2,15-18H2,1H3,(H,38,44). The van der Waals surface area contributed by atoms with Crippen LogP contribution in [0.2, 0.25) is 0 Å². The van der Waals surface area contributed by atoms with Crippen molar-refractivity contribution in [2.45, 2.75) is 50.6 Å². The Bertz CT molecular complexity index is 1790. The first-order chi connectivity index (χ1) is 21.7. The highest BCUT2D eigenvalue weighted by Crippen LogP contribution is 2.49. The second-order valence-corrected chi connectivity index (χ2v) is 10.8. The van der Waals surface area contributed by atoms with Gasteiger partial charge in [0.2, 0.25) is 0 Å². The average molecular weight is 648 g/mol. The first-order valence-electron chi connectivity index (χ1n) is 14.0. The van der Waals surface area contributed by atoms with E-state index in [1.807, 2.05) is 0 Å². The zero-order chi connectivity index (χ0) is 33.3. The van der Waals surface area contributed by atoms with E-state index in [0.717, 1.165) is 22.4 Å². The minimum absolute atomic E-state index is 0.00257. The smallest absolute Gasteiger partial charge is 0.416 e. The third-order valence-corrected chi connectivity index (χ3v) is 7.49. The molecule has 242 valence electrons. The molecule has 0 radical (unpaired) electrons. The molecule has 0 spiro atoms. The Balaban J connectivity index is 1.54. The zero-order valence-corrected chi connectivity index (χ0v) is 24.2. The molecule has 0 saturated carbocycles. The first-order valence-corrected chi connectivity index (χ1v) is 14.0. The fourth-order valence-corrected chi connectivity index (χ4v) is 5.10. The number of aromatic nitrogens is 4. The van der Waals surface area contributed by atoms with E-state index < -0.39 is 48.0 Å². The number of aryl methyl sites for hydroxylation is 1. The third-order valence-electron chi connectivity index (χ3n) is 7.49. The van der Waals surface area contributed by atoms with E-state index in [9.17, 15) is 27.9 Å². The number of carbonyl (C=O) groups is 1. The largest absolute Gasteiger partial charge is 0.508 e. The molecule has 4 aromatic rings. The molecule has 3 aromatic carbocycles. The van der Waals surface area contributed by atoms with Gasteiger partial charge in [-0.25, -0.2) is 4.79 Å². The van der Waals surface area contributed by atoms with Crippen LogP contribution in [0, 0.1) is 6.92 Å². The van der Waals surface area contributed by atoms with Crippen molar-refractivity contribution in [3.63, 3.8) is 0 Å². The molecule has 1 amide bonds. The van der Waals surface area contributed by atoms with E-state index in [0.29, 0.717) is 10.2 Å². The van der Waals surface area contributed by atoms with Crippen LogP contribution in [-0.4, -0.2) is 49.8 Å². The fourth-order valence-electron chi connectivity index (χ4n) is 5.10. The summed E-state index contributed by atoms with van der Waals surface area (Å²) in [6, 6.07) is 16.8. The molecule has 2 heterocycles. The van der Waals surface area contributed by atoms with Gasteiger partial charge < -0.3 is 15.2 Å². The van der Waals surface area contributed by atoms with Crippen molar-refractivity contribution >= 4 is 17.2 Å². The zero-order valence-electron chi connectivity index (χ0n) is 24.2. The van der Waals surface area contributed by atoms with Gasteiger partial charge in [0, 0.05) is 12.8 Å². The molecule has 0 saturated heterocycles. The van der Waals surface area contributed by atoms with Crippen molar-refractivity contribution in [3.8, 4) is 11.5 Å². The molecular weight excluding hydrogens is 620 g/mol. The normalized spacial score (nSPS) is 17.2. The SMILES string of the molecule is Cc1ccc(C2=C(n3nnn(Cc4ccc(O)cc4)c3=O)C(=O)NC(c3ccc(OCCCC(F)(F)F)cc3)(C(F)(F)F)C2)cc1. The molecule has 0 bridgehead atoms. The molecule has 5 rings (SSSR count). The first kappa shape index (κ1) is 32.3. The van der Waals surface area contributed by atoms with Crippen LogP contribution in [0.5, 0.6) is 11.5 Å².